The van der Waals surface area contributed by atoms with E-state index in [0.717, 1.165) is 0 Å². The van der Waals surface area contributed by atoms with E-state index in [1.54, 1.807) is 30.3 Å². The van der Waals surface area contributed by atoms with Gasteiger partial charge in [0.1, 0.15) is 12.4 Å². The highest BCUT2D eigenvalue weighted by Crippen LogP contribution is 2.16. The summed E-state index contributed by atoms with van der Waals surface area (Å²) < 4.78 is 6.96. The van der Waals surface area contributed by atoms with Gasteiger partial charge in [-0.1, -0.05) is 11.6 Å². The number of fused-ring (bicyclic) bond motifs is 1. The predicted molar refractivity (Wildman–Crippen MR) is 75.7 cm³/mol. The van der Waals surface area contributed by atoms with Crippen molar-refractivity contribution in [1.29, 1.82) is 0 Å². The Hall–Kier alpha value is -2.60. The molecule has 0 atom stereocenters. The second-order valence-corrected chi connectivity index (χ2v) is 4.73. The summed E-state index contributed by atoms with van der Waals surface area (Å²) in [5.41, 5.74) is 0.715. The van der Waals surface area contributed by atoms with Gasteiger partial charge in [-0.15, -0.1) is 5.10 Å². The van der Waals surface area contributed by atoms with Crippen LogP contribution in [0.2, 0.25) is 5.02 Å². The van der Waals surface area contributed by atoms with Crippen molar-refractivity contribution in [3.05, 3.63) is 59.0 Å². The third kappa shape index (κ3) is 2.95. The number of hydrogen-bond donors (Lipinski definition) is 1. The molecule has 2 heterocycles. The summed E-state index contributed by atoms with van der Waals surface area (Å²) in [6.07, 6.45) is 1.41. The van der Waals surface area contributed by atoms with Crippen molar-refractivity contribution in [3.63, 3.8) is 0 Å². The van der Waals surface area contributed by atoms with Crippen LogP contribution in [-0.2, 0) is 6.61 Å². The van der Waals surface area contributed by atoms with Crippen LogP contribution in [-0.4, -0.2) is 25.7 Å². The van der Waals surface area contributed by atoms with Gasteiger partial charge < -0.3 is 9.84 Å². The average Bonchev–Trinajstić information content (AvgIpc) is 2.88. The lowest BCUT2D eigenvalue weighted by molar-refractivity contribution is 0.0696. The molecule has 0 saturated carbocycles. The van der Waals surface area contributed by atoms with Crippen molar-refractivity contribution in [2.45, 2.75) is 6.61 Å². The molecule has 0 fully saturated rings. The Labute approximate surface area is 124 Å². The molecule has 1 aromatic carbocycles. The number of carbonyl (C=O) groups is 1. The lowest BCUT2D eigenvalue weighted by atomic mass is 10.3. The SMILES string of the molecule is O=C(O)c1ccc2nc(COc3ccc(Cl)cc3)nn2c1. The first-order chi connectivity index (χ1) is 10.1. The molecule has 0 aliphatic rings. The van der Waals surface area contributed by atoms with Crippen LogP contribution in [0.4, 0.5) is 0 Å². The number of pyridine rings is 1. The fourth-order valence-corrected chi connectivity index (χ4v) is 1.92. The number of benzene rings is 1. The highest BCUT2D eigenvalue weighted by molar-refractivity contribution is 6.30. The molecule has 3 aromatic rings. The summed E-state index contributed by atoms with van der Waals surface area (Å²) >= 11 is 5.79. The number of halogens is 1. The maximum Gasteiger partial charge on any atom is 0.337 e. The molecular formula is C14H10ClN3O3. The summed E-state index contributed by atoms with van der Waals surface area (Å²) in [4.78, 5) is 15.1. The molecule has 3 rings (SSSR count). The molecule has 0 aliphatic heterocycles. The normalized spacial score (nSPS) is 10.7. The summed E-state index contributed by atoms with van der Waals surface area (Å²) in [7, 11) is 0. The second kappa shape index (κ2) is 5.41. The van der Waals surface area contributed by atoms with Crippen LogP contribution in [0, 0.1) is 0 Å². The van der Waals surface area contributed by atoms with Crippen molar-refractivity contribution >= 4 is 23.2 Å². The van der Waals surface area contributed by atoms with Crippen molar-refractivity contribution in [3.8, 4) is 5.75 Å². The maximum absolute atomic E-state index is 10.9. The van der Waals surface area contributed by atoms with E-state index in [1.165, 1.54) is 16.8 Å². The summed E-state index contributed by atoms with van der Waals surface area (Å²) in [5, 5.41) is 13.7. The molecule has 0 radical (unpaired) electrons. The van der Waals surface area contributed by atoms with Gasteiger partial charge >= 0.3 is 5.97 Å². The van der Waals surface area contributed by atoms with Gasteiger partial charge in [-0.05, 0) is 36.4 Å². The molecule has 6 nitrogen and oxygen atoms in total. The molecule has 106 valence electrons. The standard InChI is InChI=1S/C14H10ClN3O3/c15-10-2-4-11(5-3-10)21-8-12-16-13-6-1-9(14(19)20)7-18(13)17-12/h1-7H,8H2,(H,19,20). The van der Waals surface area contributed by atoms with E-state index in [-0.39, 0.29) is 12.2 Å². The molecule has 7 heteroatoms. The molecule has 0 aliphatic carbocycles. The minimum Gasteiger partial charge on any atom is -0.486 e. The monoisotopic (exact) mass is 303 g/mol. The third-order valence-electron chi connectivity index (χ3n) is 2.80. The van der Waals surface area contributed by atoms with Gasteiger partial charge in [-0.25, -0.2) is 14.3 Å². The van der Waals surface area contributed by atoms with Gasteiger partial charge in [-0.3, -0.25) is 0 Å². The minimum atomic E-state index is -1.01. The highest BCUT2D eigenvalue weighted by Gasteiger charge is 2.08. The fraction of sp³-hybridized carbons (Fsp3) is 0.0714. The van der Waals surface area contributed by atoms with Crippen LogP contribution in [0.1, 0.15) is 16.2 Å². The first kappa shape index (κ1) is 13.4. The van der Waals surface area contributed by atoms with E-state index in [0.29, 0.717) is 22.2 Å². The first-order valence-corrected chi connectivity index (χ1v) is 6.46. The Bertz CT molecular complexity index is 799. The second-order valence-electron chi connectivity index (χ2n) is 4.30. The fourth-order valence-electron chi connectivity index (χ4n) is 1.80. The van der Waals surface area contributed by atoms with Gasteiger partial charge in [0.2, 0.25) is 0 Å². The zero-order chi connectivity index (χ0) is 14.8. The maximum atomic E-state index is 10.9. The summed E-state index contributed by atoms with van der Waals surface area (Å²) in [6, 6.07) is 10.0. The molecule has 21 heavy (non-hydrogen) atoms. The summed E-state index contributed by atoms with van der Waals surface area (Å²) in [5.74, 6) is 0.114. The Morgan fingerprint density at radius 2 is 2.00 bits per heavy atom. The number of aromatic carboxylic acids is 1. The molecule has 0 bridgehead atoms. The molecule has 0 unspecified atom stereocenters. The Morgan fingerprint density at radius 3 is 2.71 bits per heavy atom. The van der Waals surface area contributed by atoms with Gasteiger partial charge in [0.25, 0.3) is 0 Å². The lowest BCUT2D eigenvalue weighted by Crippen LogP contribution is -2.00. The van der Waals surface area contributed by atoms with Gasteiger partial charge in [0, 0.05) is 11.2 Å². The highest BCUT2D eigenvalue weighted by atomic mass is 35.5. The number of aromatic nitrogens is 3. The summed E-state index contributed by atoms with van der Waals surface area (Å²) in [6.45, 7) is 0.186. The van der Waals surface area contributed by atoms with E-state index in [9.17, 15) is 4.79 Å². The average molecular weight is 304 g/mol. The van der Waals surface area contributed by atoms with Crippen molar-refractivity contribution in [2.75, 3.05) is 0 Å². The van der Waals surface area contributed by atoms with Crippen LogP contribution in [0.25, 0.3) is 5.65 Å². The lowest BCUT2D eigenvalue weighted by Gasteiger charge is -2.02. The van der Waals surface area contributed by atoms with Gasteiger partial charge in [0.05, 0.1) is 5.56 Å². The molecule has 0 saturated heterocycles. The predicted octanol–water partition coefficient (Wildman–Crippen LogP) is 2.66. The van der Waals surface area contributed by atoms with Crippen LogP contribution in [0.15, 0.2) is 42.6 Å². The largest absolute Gasteiger partial charge is 0.486 e. The molecular weight excluding hydrogens is 294 g/mol. The zero-order valence-corrected chi connectivity index (χ0v) is 11.5. The molecule has 0 amide bonds. The van der Waals surface area contributed by atoms with Crippen LogP contribution >= 0.6 is 11.6 Å². The number of ether oxygens (including phenoxy) is 1. The topological polar surface area (TPSA) is 76.7 Å². The van der Waals surface area contributed by atoms with E-state index in [1.807, 2.05) is 0 Å². The van der Waals surface area contributed by atoms with Gasteiger partial charge in [0.15, 0.2) is 11.5 Å². The van der Waals surface area contributed by atoms with Crippen molar-refractivity contribution in [1.82, 2.24) is 14.6 Å². The Kier molecular flexibility index (Phi) is 3.45. The van der Waals surface area contributed by atoms with E-state index in [2.05, 4.69) is 10.1 Å². The number of rotatable bonds is 4. The van der Waals surface area contributed by atoms with E-state index in [4.69, 9.17) is 21.4 Å². The van der Waals surface area contributed by atoms with Crippen molar-refractivity contribution in [2.24, 2.45) is 0 Å². The number of hydrogen-bond acceptors (Lipinski definition) is 4. The molecule has 2 aromatic heterocycles. The third-order valence-corrected chi connectivity index (χ3v) is 3.06. The van der Waals surface area contributed by atoms with E-state index >= 15 is 0 Å². The first-order valence-electron chi connectivity index (χ1n) is 6.09. The molecule has 0 spiro atoms. The van der Waals surface area contributed by atoms with Crippen LogP contribution in [0.3, 0.4) is 0 Å². The number of carboxylic acid groups (broad SMARTS) is 1. The number of carboxylic acids is 1. The number of nitrogens with zero attached hydrogens (tertiary/aromatic N) is 3. The van der Waals surface area contributed by atoms with Gasteiger partial charge in [-0.2, -0.15) is 0 Å². The smallest absolute Gasteiger partial charge is 0.337 e. The molecule has 1 N–H and O–H groups in total. The van der Waals surface area contributed by atoms with Crippen molar-refractivity contribution < 1.29 is 14.6 Å². The Balaban J connectivity index is 1.78. The van der Waals surface area contributed by atoms with Crippen LogP contribution in [0.5, 0.6) is 5.75 Å². The van der Waals surface area contributed by atoms with Crippen LogP contribution < -0.4 is 4.74 Å². The zero-order valence-electron chi connectivity index (χ0n) is 10.7. The minimum absolute atomic E-state index is 0.151. The van der Waals surface area contributed by atoms with E-state index < -0.39 is 5.97 Å². The quantitative estimate of drug-likeness (QED) is 0.802. The Morgan fingerprint density at radius 1 is 1.24 bits per heavy atom.